The molecule has 0 spiro atoms. The lowest BCUT2D eigenvalue weighted by Crippen LogP contribution is -2.11. The number of benzene rings is 1. The Balaban J connectivity index is 0.000000921. The van der Waals surface area contributed by atoms with Crippen molar-refractivity contribution in [3.63, 3.8) is 0 Å². The van der Waals surface area contributed by atoms with Crippen molar-refractivity contribution in [2.24, 2.45) is 0 Å². The maximum Gasteiger partial charge on any atom is 0.123 e. The van der Waals surface area contributed by atoms with Crippen molar-refractivity contribution in [1.29, 1.82) is 0 Å². The van der Waals surface area contributed by atoms with Crippen LogP contribution in [0.1, 0.15) is 31.9 Å². The molecule has 0 fully saturated rings. The second-order valence-electron chi connectivity index (χ2n) is 3.56. The maximum absolute atomic E-state index is 13.0. The monoisotopic (exact) mass is 211 g/mol. The van der Waals surface area contributed by atoms with E-state index < -0.39 is 0 Å². The summed E-state index contributed by atoms with van der Waals surface area (Å²) < 4.78 is 13.0. The lowest BCUT2D eigenvalue weighted by atomic mass is 10.1. The largest absolute Gasteiger partial charge is 0.305 e. The van der Waals surface area contributed by atoms with E-state index in [-0.39, 0.29) is 5.82 Å². The summed E-state index contributed by atoms with van der Waals surface area (Å²) in [7, 11) is 3.97. The van der Waals surface area contributed by atoms with E-state index in [1.807, 2.05) is 39.8 Å². The summed E-state index contributed by atoms with van der Waals surface area (Å²) in [6.07, 6.45) is 0.887. The molecule has 0 unspecified atom stereocenters. The van der Waals surface area contributed by atoms with Gasteiger partial charge in [0, 0.05) is 6.54 Å². The van der Waals surface area contributed by atoms with Gasteiger partial charge in [-0.3, -0.25) is 0 Å². The summed E-state index contributed by atoms with van der Waals surface area (Å²) in [5.41, 5.74) is 2.11. The molecule has 0 amide bonds. The average molecular weight is 211 g/mol. The van der Waals surface area contributed by atoms with Crippen LogP contribution >= 0.6 is 0 Å². The van der Waals surface area contributed by atoms with E-state index >= 15 is 0 Å². The zero-order valence-electron chi connectivity index (χ0n) is 10.5. The highest BCUT2D eigenvalue weighted by atomic mass is 19.1. The predicted octanol–water partition coefficient (Wildman–Crippen LogP) is 3.48. The third kappa shape index (κ3) is 5.53. The van der Waals surface area contributed by atoms with Crippen LogP contribution in [0.25, 0.3) is 0 Å². The molecule has 0 N–H and O–H groups in total. The van der Waals surface area contributed by atoms with E-state index in [0.717, 1.165) is 24.1 Å². The minimum Gasteiger partial charge on any atom is -0.305 e. The fourth-order valence-corrected chi connectivity index (χ4v) is 1.38. The highest BCUT2D eigenvalue weighted by Crippen LogP contribution is 2.10. The summed E-state index contributed by atoms with van der Waals surface area (Å²) in [5, 5.41) is 0. The fraction of sp³-hybridized carbons (Fsp3) is 0.538. The van der Waals surface area contributed by atoms with E-state index in [9.17, 15) is 4.39 Å². The smallest absolute Gasteiger partial charge is 0.123 e. The Bertz CT molecular complexity index is 282. The topological polar surface area (TPSA) is 3.24 Å². The highest BCUT2D eigenvalue weighted by molar-refractivity contribution is 5.24. The normalized spacial score (nSPS) is 9.80. The first-order valence-electron chi connectivity index (χ1n) is 5.55. The van der Waals surface area contributed by atoms with Gasteiger partial charge in [0.25, 0.3) is 0 Å². The van der Waals surface area contributed by atoms with Crippen LogP contribution in [-0.4, -0.2) is 19.0 Å². The molecule has 0 aliphatic carbocycles. The SMILES string of the molecule is CC.CCc1cc(F)cc(CN(C)C)c1. The van der Waals surface area contributed by atoms with Gasteiger partial charge in [0.15, 0.2) is 0 Å². The Labute approximate surface area is 92.9 Å². The molecule has 0 atom stereocenters. The minimum absolute atomic E-state index is 0.129. The third-order valence-electron chi connectivity index (χ3n) is 1.92. The standard InChI is InChI=1S/C11H16FN.C2H6/c1-4-9-5-10(8-13(2)3)7-11(12)6-9;1-2/h5-7H,4,8H2,1-3H3;1-2H3. The van der Waals surface area contributed by atoms with E-state index in [4.69, 9.17) is 0 Å². The number of nitrogens with zero attached hydrogens (tertiary/aromatic N) is 1. The van der Waals surface area contributed by atoms with Crippen LogP contribution in [-0.2, 0) is 13.0 Å². The van der Waals surface area contributed by atoms with Crippen LogP contribution in [0.5, 0.6) is 0 Å². The second kappa shape index (κ2) is 7.41. The molecule has 0 bridgehead atoms. The van der Waals surface area contributed by atoms with Crippen molar-refractivity contribution in [2.75, 3.05) is 14.1 Å². The summed E-state index contributed by atoms with van der Waals surface area (Å²) in [5.74, 6) is -0.129. The van der Waals surface area contributed by atoms with Gasteiger partial charge in [-0.2, -0.15) is 0 Å². The van der Waals surface area contributed by atoms with Crippen molar-refractivity contribution >= 4 is 0 Å². The lowest BCUT2D eigenvalue weighted by molar-refractivity contribution is 0.401. The van der Waals surface area contributed by atoms with Gasteiger partial charge in [0.2, 0.25) is 0 Å². The Kier molecular flexibility index (Phi) is 6.97. The molecule has 15 heavy (non-hydrogen) atoms. The second-order valence-corrected chi connectivity index (χ2v) is 3.56. The Morgan fingerprint density at radius 3 is 2.07 bits per heavy atom. The molecule has 2 heteroatoms. The molecule has 1 nitrogen and oxygen atoms in total. The number of rotatable bonds is 3. The summed E-state index contributed by atoms with van der Waals surface area (Å²) in [4.78, 5) is 2.04. The van der Waals surface area contributed by atoms with Crippen LogP contribution in [0.3, 0.4) is 0 Å². The molecule has 0 aromatic heterocycles. The van der Waals surface area contributed by atoms with Gasteiger partial charge in [0.05, 0.1) is 0 Å². The highest BCUT2D eigenvalue weighted by Gasteiger charge is 2.00. The van der Waals surface area contributed by atoms with Crippen molar-refractivity contribution in [2.45, 2.75) is 33.7 Å². The van der Waals surface area contributed by atoms with Crippen LogP contribution < -0.4 is 0 Å². The minimum atomic E-state index is -0.129. The van der Waals surface area contributed by atoms with Crippen LogP contribution in [0, 0.1) is 5.82 Å². The average Bonchev–Trinajstić information content (AvgIpc) is 2.18. The summed E-state index contributed by atoms with van der Waals surface area (Å²) in [6.45, 7) is 6.83. The maximum atomic E-state index is 13.0. The molecule has 1 aromatic rings. The molecular formula is C13H22FN. The number of hydrogen-bond donors (Lipinski definition) is 0. The summed E-state index contributed by atoms with van der Waals surface area (Å²) in [6, 6.07) is 5.25. The molecule has 1 aromatic carbocycles. The quantitative estimate of drug-likeness (QED) is 0.740. The first-order valence-corrected chi connectivity index (χ1v) is 5.55. The van der Waals surface area contributed by atoms with Crippen molar-refractivity contribution in [3.05, 3.63) is 35.1 Å². The fourth-order valence-electron chi connectivity index (χ4n) is 1.38. The molecule has 86 valence electrons. The van der Waals surface area contributed by atoms with Gasteiger partial charge in [-0.25, -0.2) is 4.39 Å². The summed E-state index contributed by atoms with van der Waals surface area (Å²) >= 11 is 0. The van der Waals surface area contributed by atoms with Gasteiger partial charge in [0.1, 0.15) is 5.82 Å². The first kappa shape index (κ1) is 14.1. The third-order valence-corrected chi connectivity index (χ3v) is 1.92. The number of halogens is 1. The predicted molar refractivity (Wildman–Crippen MR) is 64.5 cm³/mol. The molecule has 0 saturated carbocycles. The molecular weight excluding hydrogens is 189 g/mol. The van der Waals surface area contributed by atoms with Crippen molar-refractivity contribution in [3.8, 4) is 0 Å². The van der Waals surface area contributed by atoms with E-state index in [2.05, 4.69) is 6.07 Å². The van der Waals surface area contributed by atoms with Crippen LogP contribution in [0.15, 0.2) is 18.2 Å². The number of aryl methyl sites for hydroxylation is 1. The van der Waals surface area contributed by atoms with Gasteiger partial charge in [-0.1, -0.05) is 26.8 Å². The molecule has 0 heterocycles. The molecule has 1 rings (SSSR count). The van der Waals surface area contributed by atoms with E-state index in [0.29, 0.717) is 0 Å². The van der Waals surface area contributed by atoms with Crippen LogP contribution in [0.4, 0.5) is 4.39 Å². The van der Waals surface area contributed by atoms with Gasteiger partial charge in [-0.15, -0.1) is 0 Å². The van der Waals surface area contributed by atoms with Gasteiger partial charge < -0.3 is 4.90 Å². The van der Waals surface area contributed by atoms with Crippen molar-refractivity contribution < 1.29 is 4.39 Å². The van der Waals surface area contributed by atoms with Crippen molar-refractivity contribution in [1.82, 2.24) is 4.90 Å². The van der Waals surface area contributed by atoms with Gasteiger partial charge in [-0.05, 0) is 43.8 Å². The zero-order valence-corrected chi connectivity index (χ0v) is 10.5. The Morgan fingerprint density at radius 1 is 1.07 bits per heavy atom. The first-order chi connectivity index (χ1) is 7.11. The molecule has 0 aliphatic heterocycles. The Morgan fingerprint density at radius 2 is 1.60 bits per heavy atom. The van der Waals surface area contributed by atoms with Gasteiger partial charge >= 0.3 is 0 Å². The lowest BCUT2D eigenvalue weighted by Gasteiger charge is -2.10. The molecule has 0 saturated heterocycles. The Hall–Kier alpha value is -0.890. The zero-order chi connectivity index (χ0) is 11.8. The van der Waals surface area contributed by atoms with E-state index in [1.165, 1.54) is 0 Å². The number of hydrogen-bond acceptors (Lipinski definition) is 1. The van der Waals surface area contributed by atoms with E-state index in [1.54, 1.807) is 12.1 Å². The molecule has 0 aliphatic rings. The van der Waals surface area contributed by atoms with Crippen LogP contribution in [0.2, 0.25) is 0 Å². The molecule has 0 radical (unpaired) electrons.